The van der Waals surface area contributed by atoms with Gasteiger partial charge >= 0.3 is 0 Å². The van der Waals surface area contributed by atoms with E-state index in [4.69, 9.17) is 0 Å². The van der Waals surface area contributed by atoms with E-state index in [1.165, 1.54) is 32.4 Å². The van der Waals surface area contributed by atoms with Crippen LogP contribution in [0.3, 0.4) is 0 Å². The summed E-state index contributed by atoms with van der Waals surface area (Å²) < 4.78 is 0. The SMILES string of the molecule is CC(=O)/C=N\NC1CCC1. The van der Waals surface area contributed by atoms with Gasteiger partial charge in [0, 0.05) is 13.0 Å². The van der Waals surface area contributed by atoms with Crippen LogP contribution in [0.2, 0.25) is 0 Å². The van der Waals surface area contributed by atoms with Gasteiger partial charge in [0.25, 0.3) is 0 Å². The summed E-state index contributed by atoms with van der Waals surface area (Å²) in [5.74, 6) is -0.00757. The average Bonchev–Trinajstić information content (AvgIpc) is 1.75. The zero-order valence-electron chi connectivity index (χ0n) is 6.13. The monoisotopic (exact) mass is 140 g/mol. The first-order chi connectivity index (χ1) is 4.79. The van der Waals surface area contributed by atoms with E-state index >= 15 is 0 Å². The number of ketones is 1. The maximum absolute atomic E-state index is 10.3. The molecule has 56 valence electrons. The van der Waals surface area contributed by atoms with E-state index in [1.54, 1.807) is 0 Å². The fraction of sp³-hybridized carbons (Fsp3) is 0.714. The Hall–Kier alpha value is -0.860. The molecule has 1 rings (SSSR count). The number of hydrazone groups is 1. The van der Waals surface area contributed by atoms with Crippen molar-refractivity contribution in [3.05, 3.63) is 0 Å². The van der Waals surface area contributed by atoms with Crippen molar-refractivity contribution in [3.8, 4) is 0 Å². The summed E-state index contributed by atoms with van der Waals surface area (Å²) in [6.45, 7) is 1.49. The number of nitrogens with zero attached hydrogens (tertiary/aromatic N) is 1. The number of hydrogen-bond donors (Lipinski definition) is 1. The Labute approximate surface area is 60.5 Å². The Kier molecular flexibility index (Phi) is 2.42. The van der Waals surface area contributed by atoms with Crippen LogP contribution in [0, 0.1) is 0 Å². The van der Waals surface area contributed by atoms with E-state index in [0.717, 1.165) is 0 Å². The third-order valence-electron chi connectivity index (χ3n) is 1.61. The van der Waals surface area contributed by atoms with Crippen molar-refractivity contribution >= 4 is 12.0 Å². The smallest absolute Gasteiger partial charge is 0.172 e. The molecule has 3 heteroatoms. The lowest BCUT2D eigenvalue weighted by Gasteiger charge is -2.24. The zero-order chi connectivity index (χ0) is 7.40. The molecule has 0 spiro atoms. The minimum absolute atomic E-state index is 0.00757. The molecule has 0 atom stereocenters. The first-order valence-electron chi connectivity index (χ1n) is 3.58. The molecule has 0 heterocycles. The van der Waals surface area contributed by atoms with Crippen molar-refractivity contribution in [3.63, 3.8) is 0 Å². The Bertz CT molecular complexity index is 150. The van der Waals surface area contributed by atoms with Crippen LogP contribution in [-0.2, 0) is 4.79 Å². The van der Waals surface area contributed by atoms with Gasteiger partial charge < -0.3 is 5.43 Å². The summed E-state index contributed by atoms with van der Waals surface area (Å²) in [7, 11) is 0. The summed E-state index contributed by atoms with van der Waals surface area (Å²) in [4.78, 5) is 10.3. The molecule has 10 heavy (non-hydrogen) atoms. The first kappa shape index (κ1) is 7.25. The molecule has 0 aromatic heterocycles. The third-order valence-corrected chi connectivity index (χ3v) is 1.61. The lowest BCUT2D eigenvalue weighted by Crippen LogP contribution is -2.31. The van der Waals surface area contributed by atoms with Crippen LogP contribution in [0.25, 0.3) is 0 Å². The highest BCUT2D eigenvalue weighted by Crippen LogP contribution is 2.17. The van der Waals surface area contributed by atoms with Crippen molar-refractivity contribution in [1.82, 2.24) is 5.43 Å². The molecule has 0 amide bonds. The second-order valence-electron chi connectivity index (χ2n) is 2.63. The highest BCUT2D eigenvalue weighted by atomic mass is 16.1. The summed E-state index contributed by atoms with van der Waals surface area (Å²) >= 11 is 0. The molecule has 0 aromatic rings. The number of carbonyl (C=O) groups excluding carboxylic acids is 1. The van der Waals surface area contributed by atoms with Crippen LogP contribution in [0.5, 0.6) is 0 Å². The van der Waals surface area contributed by atoms with Crippen molar-refractivity contribution in [2.24, 2.45) is 5.10 Å². The molecule has 0 aromatic carbocycles. The van der Waals surface area contributed by atoms with Gasteiger partial charge in [-0.15, -0.1) is 0 Å². The number of nitrogens with one attached hydrogen (secondary N) is 1. The number of hydrogen-bond acceptors (Lipinski definition) is 3. The standard InChI is InChI=1S/C7H12N2O/c1-6(10)5-8-9-7-3-2-4-7/h5,7,9H,2-4H2,1H3/b8-5-. The molecule has 3 nitrogen and oxygen atoms in total. The molecule has 0 aliphatic heterocycles. The van der Waals surface area contributed by atoms with Gasteiger partial charge in [0.05, 0.1) is 6.21 Å². The zero-order valence-corrected chi connectivity index (χ0v) is 6.13. The van der Waals surface area contributed by atoms with Crippen LogP contribution < -0.4 is 5.43 Å². The predicted molar refractivity (Wildman–Crippen MR) is 39.9 cm³/mol. The van der Waals surface area contributed by atoms with Crippen molar-refractivity contribution in [1.29, 1.82) is 0 Å². The van der Waals surface area contributed by atoms with Crippen LogP contribution in [-0.4, -0.2) is 18.0 Å². The van der Waals surface area contributed by atoms with Gasteiger partial charge in [0.1, 0.15) is 0 Å². The second kappa shape index (κ2) is 3.34. The van der Waals surface area contributed by atoms with Gasteiger partial charge in [-0.1, -0.05) is 0 Å². The van der Waals surface area contributed by atoms with Crippen LogP contribution >= 0.6 is 0 Å². The largest absolute Gasteiger partial charge is 0.307 e. The highest BCUT2D eigenvalue weighted by molar-refractivity contribution is 6.26. The van der Waals surface area contributed by atoms with Crippen molar-refractivity contribution in [2.75, 3.05) is 0 Å². The van der Waals surface area contributed by atoms with Crippen LogP contribution in [0.1, 0.15) is 26.2 Å². The van der Waals surface area contributed by atoms with Gasteiger partial charge in [0.15, 0.2) is 5.78 Å². The maximum atomic E-state index is 10.3. The highest BCUT2D eigenvalue weighted by Gasteiger charge is 2.15. The lowest BCUT2D eigenvalue weighted by atomic mass is 9.94. The topological polar surface area (TPSA) is 41.5 Å². The van der Waals surface area contributed by atoms with Gasteiger partial charge in [-0.05, 0) is 19.3 Å². The third kappa shape index (κ3) is 2.17. The molecule has 1 aliphatic rings. The van der Waals surface area contributed by atoms with E-state index in [2.05, 4.69) is 10.5 Å². The molecule has 0 bridgehead atoms. The molecule has 1 saturated carbocycles. The average molecular weight is 140 g/mol. The van der Waals surface area contributed by atoms with Crippen LogP contribution in [0.15, 0.2) is 5.10 Å². The quantitative estimate of drug-likeness (QED) is 0.463. The van der Waals surface area contributed by atoms with Gasteiger partial charge in [-0.25, -0.2) is 0 Å². The Morgan fingerprint density at radius 1 is 1.70 bits per heavy atom. The number of carbonyl (C=O) groups is 1. The summed E-state index contributed by atoms with van der Waals surface area (Å²) in [6, 6.07) is 0.524. The fourth-order valence-electron chi connectivity index (χ4n) is 0.771. The van der Waals surface area contributed by atoms with Crippen molar-refractivity contribution in [2.45, 2.75) is 32.2 Å². The number of rotatable bonds is 3. The van der Waals surface area contributed by atoms with Crippen molar-refractivity contribution < 1.29 is 4.79 Å². The summed E-state index contributed by atoms with van der Waals surface area (Å²) in [6.07, 6.45) is 4.98. The van der Waals surface area contributed by atoms with Gasteiger partial charge in [-0.3, -0.25) is 4.79 Å². The predicted octanol–water partition coefficient (Wildman–Crippen LogP) is 0.703. The molecule has 0 unspecified atom stereocenters. The van der Waals surface area contributed by atoms with Gasteiger partial charge in [0.2, 0.25) is 0 Å². The fourth-order valence-corrected chi connectivity index (χ4v) is 0.771. The Morgan fingerprint density at radius 2 is 2.40 bits per heavy atom. The van der Waals surface area contributed by atoms with E-state index < -0.39 is 0 Å². The minimum atomic E-state index is -0.00757. The van der Waals surface area contributed by atoms with E-state index in [1.807, 2.05) is 0 Å². The molecular weight excluding hydrogens is 128 g/mol. The Morgan fingerprint density at radius 3 is 2.80 bits per heavy atom. The lowest BCUT2D eigenvalue weighted by molar-refractivity contribution is -0.110. The first-order valence-corrected chi connectivity index (χ1v) is 3.58. The molecule has 1 N–H and O–H groups in total. The van der Waals surface area contributed by atoms with E-state index in [-0.39, 0.29) is 5.78 Å². The molecule has 0 radical (unpaired) electrons. The van der Waals surface area contributed by atoms with E-state index in [0.29, 0.717) is 6.04 Å². The molecule has 1 fully saturated rings. The van der Waals surface area contributed by atoms with E-state index in [9.17, 15) is 4.79 Å². The minimum Gasteiger partial charge on any atom is -0.307 e. The van der Waals surface area contributed by atoms with Gasteiger partial charge in [-0.2, -0.15) is 5.10 Å². The molecular formula is C7H12N2O. The van der Waals surface area contributed by atoms with Crippen LogP contribution in [0.4, 0.5) is 0 Å². The second-order valence-corrected chi connectivity index (χ2v) is 2.63. The normalized spacial score (nSPS) is 18.9. The molecule has 1 aliphatic carbocycles. The Balaban J connectivity index is 2.08. The number of Topliss-reactive ketones (excluding diaryl/α,β-unsaturated/α-hetero) is 1. The summed E-state index contributed by atoms with van der Waals surface area (Å²) in [5.41, 5.74) is 2.90. The molecule has 0 saturated heterocycles. The maximum Gasteiger partial charge on any atom is 0.172 e. The summed E-state index contributed by atoms with van der Waals surface area (Å²) in [5, 5.41) is 3.77.